The summed E-state index contributed by atoms with van der Waals surface area (Å²) >= 11 is 4.94. The minimum Gasteiger partial charge on any atom is -0.312 e. The molecule has 0 aliphatic heterocycles. The van der Waals surface area contributed by atoms with E-state index in [2.05, 4.69) is 62.7 Å². The Hall–Kier alpha value is -0.850. The van der Waals surface area contributed by atoms with Gasteiger partial charge in [-0.3, -0.25) is 4.98 Å². The van der Waals surface area contributed by atoms with Gasteiger partial charge < -0.3 is 5.32 Å². The van der Waals surface area contributed by atoms with Crippen LogP contribution in [0.15, 0.2) is 22.9 Å². The number of hydrogen-bond donors (Lipinski definition) is 1. The number of pyridine rings is 1. The van der Waals surface area contributed by atoms with Crippen LogP contribution in [0.2, 0.25) is 0 Å². The third kappa shape index (κ3) is 3.62. The third-order valence-electron chi connectivity index (χ3n) is 3.09. The Morgan fingerprint density at radius 3 is 2.70 bits per heavy atom. The van der Waals surface area contributed by atoms with E-state index in [1.165, 1.54) is 22.0 Å². The molecule has 0 spiro atoms. The van der Waals surface area contributed by atoms with Crippen LogP contribution in [0.25, 0.3) is 0 Å². The van der Waals surface area contributed by atoms with Gasteiger partial charge >= 0.3 is 0 Å². The highest BCUT2D eigenvalue weighted by atomic mass is 79.9. The summed E-state index contributed by atoms with van der Waals surface area (Å²) in [6, 6.07) is 2.31. The maximum Gasteiger partial charge on any atom is 0.0857 e. The molecule has 2 heterocycles. The van der Waals surface area contributed by atoms with Crippen molar-refractivity contribution in [2.75, 3.05) is 7.05 Å². The van der Waals surface area contributed by atoms with Crippen molar-refractivity contribution in [3.63, 3.8) is 0 Å². The number of nitrogens with zero attached hydrogens (tertiary/aromatic N) is 3. The van der Waals surface area contributed by atoms with Gasteiger partial charge in [-0.05, 0) is 52.6 Å². The lowest BCUT2D eigenvalue weighted by Crippen LogP contribution is -2.23. The quantitative estimate of drug-likeness (QED) is 0.912. The zero-order valence-corrected chi connectivity index (χ0v) is 14.5. The van der Waals surface area contributed by atoms with Gasteiger partial charge in [0.2, 0.25) is 0 Å². The molecule has 0 aliphatic carbocycles. The maximum atomic E-state index is 4.32. The third-order valence-corrected chi connectivity index (χ3v) is 4.36. The maximum absolute atomic E-state index is 4.32. The Morgan fingerprint density at radius 1 is 1.35 bits per heavy atom. The van der Waals surface area contributed by atoms with E-state index in [0.717, 1.165) is 16.6 Å². The normalized spacial score (nSPS) is 13.4. The van der Waals surface area contributed by atoms with E-state index in [-0.39, 0.29) is 11.5 Å². The Bertz CT molecular complexity index is 577. The van der Waals surface area contributed by atoms with Gasteiger partial charge in [-0.1, -0.05) is 25.3 Å². The second-order valence-electron chi connectivity index (χ2n) is 5.79. The van der Waals surface area contributed by atoms with Crippen LogP contribution in [0.4, 0.5) is 0 Å². The largest absolute Gasteiger partial charge is 0.312 e. The summed E-state index contributed by atoms with van der Waals surface area (Å²) in [4.78, 5) is 5.43. The van der Waals surface area contributed by atoms with Crippen molar-refractivity contribution in [1.29, 1.82) is 0 Å². The molecule has 2 rings (SSSR count). The fraction of sp³-hybridized carbons (Fsp3) is 0.500. The summed E-state index contributed by atoms with van der Waals surface area (Å²) in [5, 5.41) is 7.69. The molecule has 2 aromatic rings. The number of likely N-dealkylation sites (N-methyl/N-ethyl adjacent to an activating group) is 1. The van der Waals surface area contributed by atoms with E-state index in [1.807, 2.05) is 13.2 Å². The second kappa shape index (κ2) is 6.28. The first-order chi connectivity index (χ1) is 9.41. The minimum absolute atomic E-state index is 0.00690. The minimum atomic E-state index is 0.00690. The van der Waals surface area contributed by atoms with Crippen molar-refractivity contribution in [2.24, 2.45) is 0 Å². The van der Waals surface area contributed by atoms with Gasteiger partial charge in [0.15, 0.2) is 0 Å². The molecule has 20 heavy (non-hydrogen) atoms. The highest BCUT2D eigenvalue weighted by Crippen LogP contribution is 2.31. The molecular formula is C14H19BrN4S. The predicted molar refractivity (Wildman–Crippen MR) is 86.1 cm³/mol. The highest BCUT2D eigenvalue weighted by molar-refractivity contribution is 9.10. The van der Waals surface area contributed by atoms with Crippen LogP contribution >= 0.6 is 27.5 Å². The molecule has 0 radical (unpaired) electrons. The topological polar surface area (TPSA) is 50.7 Å². The molecule has 0 aromatic carbocycles. The first kappa shape index (κ1) is 15.5. The molecule has 108 valence electrons. The van der Waals surface area contributed by atoms with Gasteiger partial charge in [-0.2, -0.15) is 0 Å². The lowest BCUT2D eigenvalue weighted by Gasteiger charge is -2.21. The summed E-state index contributed by atoms with van der Waals surface area (Å²) in [6.45, 7) is 6.50. The monoisotopic (exact) mass is 354 g/mol. The molecule has 6 heteroatoms. The Balaban J connectivity index is 2.27. The highest BCUT2D eigenvalue weighted by Gasteiger charge is 2.26. The summed E-state index contributed by atoms with van der Waals surface area (Å²) < 4.78 is 5.15. The lowest BCUT2D eigenvalue weighted by atomic mass is 9.89. The molecule has 0 fully saturated rings. The molecule has 1 N–H and O–H groups in total. The number of halogens is 1. The SMILES string of the molecule is CNC(Cc1cncc(Br)c1)c1snnc1C(C)(C)C. The van der Waals surface area contributed by atoms with Crippen LogP contribution in [0.1, 0.15) is 42.9 Å². The number of hydrogen-bond acceptors (Lipinski definition) is 5. The van der Waals surface area contributed by atoms with Gasteiger partial charge in [0.05, 0.1) is 10.6 Å². The smallest absolute Gasteiger partial charge is 0.0857 e. The standard InChI is InChI=1S/C14H19BrN4S/c1-14(2,3)13-12(20-19-18-13)11(16-4)6-9-5-10(15)8-17-7-9/h5,7-8,11,16H,6H2,1-4H3. The van der Waals surface area contributed by atoms with Gasteiger partial charge in [0, 0.05) is 28.3 Å². The Morgan fingerprint density at radius 2 is 2.10 bits per heavy atom. The first-order valence-corrected chi connectivity index (χ1v) is 8.08. The van der Waals surface area contributed by atoms with Crippen molar-refractivity contribution in [3.8, 4) is 0 Å². The van der Waals surface area contributed by atoms with Gasteiger partial charge in [-0.25, -0.2) is 0 Å². The number of rotatable bonds is 4. The summed E-state index contributed by atoms with van der Waals surface area (Å²) in [6.07, 6.45) is 4.57. The average Bonchev–Trinajstić information content (AvgIpc) is 2.85. The average molecular weight is 355 g/mol. The number of aromatic nitrogens is 3. The molecular weight excluding hydrogens is 336 g/mol. The van der Waals surface area contributed by atoms with Crippen LogP contribution in [0.5, 0.6) is 0 Å². The fourth-order valence-electron chi connectivity index (χ4n) is 2.08. The molecule has 0 amide bonds. The Labute approximate surface area is 132 Å². The van der Waals surface area contributed by atoms with E-state index >= 15 is 0 Å². The zero-order valence-electron chi connectivity index (χ0n) is 12.1. The predicted octanol–water partition coefficient (Wildman–Crippen LogP) is 3.50. The van der Waals surface area contributed by atoms with Crippen molar-refractivity contribution in [3.05, 3.63) is 39.1 Å². The van der Waals surface area contributed by atoms with Crippen LogP contribution in [-0.4, -0.2) is 21.6 Å². The number of nitrogens with one attached hydrogen (secondary N) is 1. The molecule has 4 nitrogen and oxygen atoms in total. The van der Waals surface area contributed by atoms with Crippen LogP contribution in [-0.2, 0) is 11.8 Å². The van der Waals surface area contributed by atoms with Crippen molar-refractivity contribution < 1.29 is 0 Å². The van der Waals surface area contributed by atoms with E-state index in [1.54, 1.807) is 6.20 Å². The van der Waals surface area contributed by atoms with Crippen LogP contribution < -0.4 is 5.32 Å². The van der Waals surface area contributed by atoms with Crippen molar-refractivity contribution in [1.82, 2.24) is 19.9 Å². The van der Waals surface area contributed by atoms with Gasteiger partial charge in [-0.15, -0.1) is 5.10 Å². The van der Waals surface area contributed by atoms with Crippen LogP contribution in [0, 0.1) is 0 Å². The first-order valence-electron chi connectivity index (χ1n) is 6.51. The van der Waals surface area contributed by atoms with Crippen molar-refractivity contribution in [2.45, 2.75) is 38.6 Å². The molecule has 2 aromatic heterocycles. The zero-order chi connectivity index (χ0) is 14.8. The van der Waals surface area contributed by atoms with E-state index < -0.39 is 0 Å². The summed E-state index contributed by atoms with van der Waals surface area (Å²) in [5.74, 6) is 0. The summed E-state index contributed by atoms with van der Waals surface area (Å²) in [7, 11) is 1.97. The van der Waals surface area contributed by atoms with Crippen molar-refractivity contribution >= 4 is 27.5 Å². The molecule has 0 bridgehead atoms. The molecule has 0 saturated carbocycles. The van der Waals surface area contributed by atoms with E-state index in [9.17, 15) is 0 Å². The molecule has 1 atom stereocenters. The molecule has 0 saturated heterocycles. The fourth-order valence-corrected chi connectivity index (χ4v) is 3.46. The second-order valence-corrected chi connectivity index (χ2v) is 7.49. The molecule has 1 unspecified atom stereocenters. The lowest BCUT2D eigenvalue weighted by molar-refractivity contribution is 0.530. The molecule has 0 aliphatic rings. The van der Waals surface area contributed by atoms with E-state index in [0.29, 0.717) is 0 Å². The summed E-state index contributed by atoms with van der Waals surface area (Å²) in [5.41, 5.74) is 2.27. The van der Waals surface area contributed by atoms with Gasteiger partial charge in [0.1, 0.15) is 0 Å². The van der Waals surface area contributed by atoms with Gasteiger partial charge in [0.25, 0.3) is 0 Å². The Kier molecular flexibility index (Phi) is 4.88. The van der Waals surface area contributed by atoms with E-state index in [4.69, 9.17) is 0 Å². The van der Waals surface area contributed by atoms with Crippen LogP contribution in [0.3, 0.4) is 0 Å².